The lowest BCUT2D eigenvalue weighted by atomic mass is 9.77. The number of aryl methyl sites for hydroxylation is 1. The van der Waals surface area contributed by atoms with Crippen molar-refractivity contribution in [1.29, 1.82) is 0 Å². The van der Waals surface area contributed by atoms with Gasteiger partial charge in [0, 0.05) is 0 Å². The molecule has 1 heteroatoms. The van der Waals surface area contributed by atoms with Gasteiger partial charge in [-0.3, -0.25) is 0 Å². The zero-order valence-corrected chi connectivity index (χ0v) is 11.9. The summed E-state index contributed by atoms with van der Waals surface area (Å²) in [4.78, 5) is 0. The van der Waals surface area contributed by atoms with E-state index in [0.29, 0.717) is 12.2 Å². The van der Waals surface area contributed by atoms with E-state index in [-0.39, 0.29) is 0 Å². The SMILES string of the molecule is CCCc1ccc(C2CCC(C/C=C/F)CC2)cc1. The molecule has 0 aromatic heterocycles. The van der Waals surface area contributed by atoms with E-state index in [9.17, 15) is 4.39 Å². The van der Waals surface area contributed by atoms with Gasteiger partial charge in [-0.05, 0) is 61.5 Å². The van der Waals surface area contributed by atoms with Crippen LogP contribution in [0.1, 0.15) is 62.5 Å². The number of hydrogen-bond donors (Lipinski definition) is 0. The van der Waals surface area contributed by atoms with Crippen LogP contribution in [0.25, 0.3) is 0 Å². The highest BCUT2D eigenvalue weighted by Gasteiger charge is 2.21. The van der Waals surface area contributed by atoms with Crippen LogP contribution < -0.4 is 0 Å². The van der Waals surface area contributed by atoms with Crippen LogP contribution in [0.2, 0.25) is 0 Å². The molecule has 1 aliphatic carbocycles. The monoisotopic (exact) mass is 260 g/mol. The van der Waals surface area contributed by atoms with E-state index in [1.807, 2.05) is 0 Å². The molecular formula is C18H25F. The minimum atomic E-state index is 0.693. The van der Waals surface area contributed by atoms with Crippen molar-refractivity contribution in [1.82, 2.24) is 0 Å². The number of halogens is 1. The van der Waals surface area contributed by atoms with Crippen molar-refractivity contribution in [2.24, 2.45) is 5.92 Å². The lowest BCUT2D eigenvalue weighted by Crippen LogP contribution is -2.12. The molecule has 0 N–H and O–H groups in total. The third-order valence-corrected chi connectivity index (χ3v) is 4.40. The molecule has 19 heavy (non-hydrogen) atoms. The Morgan fingerprint density at radius 1 is 1.11 bits per heavy atom. The summed E-state index contributed by atoms with van der Waals surface area (Å²) in [5, 5.41) is 0. The summed E-state index contributed by atoms with van der Waals surface area (Å²) in [6.45, 7) is 2.22. The Morgan fingerprint density at radius 3 is 2.37 bits per heavy atom. The second kappa shape index (κ2) is 7.47. The molecule has 1 aromatic carbocycles. The predicted molar refractivity (Wildman–Crippen MR) is 80.0 cm³/mol. The van der Waals surface area contributed by atoms with Crippen LogP contribution in [0.3, 0.4) is 0 Å². The Morgan fingerprint density at radius 2 is 1.79 bits per heavy atom. The topological polar surface area (TPSA) is 0 Å². The van der Waals surface area contributed by atoms with Crippen LogP contribution >= 0.6 is 0 Å². The Bertz CT molecular complexity index is 383. The average molecular weight is 260 g/mol. The number of hydrogen-bond acceptors (Lipinski definition) is 0. The second-order valence-electron chi connectivity index (χ2n) is 5.81. The van der Waals surface area contributed by atoms with Crippen molar-refractivity contribution in [2.45, 2.75) is 57.8 Å². The van der Waals surface area contributed by atoms with Gasteiger partial charge in [-0.15, -0.1) is 0 Å². The van der Waals surface area contributed by atoms with Crippen LogP contribution in [0, 0.1) is 5.92 Å². The quantitative estimate of drug-likeness (QED) is 0.629. The van der Waals surface area contributed by atoms with E-state index in [1.54, 1.807) is 6.08 Å². The van der Waals surface area contributed by atoms with Gasteiger partial charge < -0.3 is 0 Å². The zero-order chi connectivity index (χ0) is 13.5. The van der Waals surface area contributed by atoms with Crippen LogP contribution in [0.5, 0.6) is 0 Å². The Labute approximate surface area is 116 Å². The van der Waals surface area contributed by atoms with Crippen molar-refractivity contribution in [3.63, 3.8) is 0 Å². The molecule has 2 rings (SSSR count). The summed E-state index contributed by atoms with van der Waals surface area (Å²) in [6.07, 6.45) is 10.7. The van der Waals surface area contributed by atoms with Gasteiger partial charge in [0.1, 0.15) is 0 Å². The first-order valence-electron chi connectivity index (χ1n) is 7.67. The van der Waals surface area contributed by atoms with E-state index in [1.165, 1.54) is 49.7 Å². The van der Waals surface area contributed by atoms with E-state index in [2.05, 4.69) is 31.2 Å². The van der Waals surface area contributed by atoms with Crippen LogP contribution in [-0.4, -0.2) is 0 Å². The van der Waals surface area contributed by atoms with E-state index < -0.39 is 0 Å². The van der Waals surface area contributed by atoms with E-state index in [4.69, 9.17) is 0 Å². The van der Waals surface area contributed by atoms with E-state index in [0.717, 1.165) is 12.3 Å². The molecule has 0 amide bonds. The standard InChI is InChI=1S/C18H25F/c1-2-4-15-6-10-17(11-7-15)18-12-8-16(9-13-18)5-3-14-19/h3,6-7,10-11,14,16,18H,2,4-5,8-9,12-13H2,1H3/b14-3+. The Kier molecular flexibility index (Phi) is 5.62. The molecule has 0 nitrogen and oxygen atoms in total. The molecule has 1 fully saturated rings. The largest absolute Gasteiger partial charge is 0.216 e. The maximum Gasteiger partial charge on any atom is 0.0827 e. The number of allylic oxidation sites excluding steroid dienone is 1. The fourth-order valence-electron chi connectivity index (χ4n) is 3.22. The molecule has 0 bridgehead atoms. The van der Waals surface area contributed by atoms with Gasteiger partial charge in [0.25, 0.3) is 0 Å². The van der Waals surface area contributed by atoms with Crippen LogP contribution in [-0.2, 0) is 6.42 Å². The van der Waals surface area contributed by atoms with Crippen molar-refractivity contribution < 1.29 is 4.39 Å². The molecule has 0 radical (unpaired) electrons. The third-order valence-electron chi connectivity index (χ3n) is 4.40. The number of benzene rings is 1. The second-order valence-corrected chi connectivity index (χ2v) is 5.81. The molecule has 1 aliphatic rings. The first kappa shape index (κ1) is 14.3. The summed E-state index contributed by atoms with van der Waals surface area (Å²) in [7, 11) is 0. The molecule has 0 heterocycles. The van der Waals surface area contributed by atoms with Crippen molar-refractivity contribution in [3.8, 4) is 0 Å². The Balaban J connectivity index is 1.86. The summed E-state index contributed by atoms with van der Waals surface area (Å²) in [5.41, 5.74) is 2.95. The normalized spacial score (nSPS) is 23.9. The fourth-order valence-corrected chi connectivity index (χ4v) is 3.22. The average Bonchev–Trinajstić information content (AvgIpc) is 2.47. The molecular weight excluding hydrogens is 235 g/mol. The summed E-state index contributed by atoms with van der Waals surface area (Å²) in [6, 6.07) is 9.21. The van der Waals surface area contributed by atoms with Gasteiger partial charge in [0.2, 0.25) is 0 Å². The lowest BCUT2D eigenvalue weighted by molar-refractivity contribution is 0.327. The molecule has 0 unspecified atom stereocenters. The van der Waals surface area contributed by atoms with Crippen LogP contribution in [0.15, 0.2) is 36.7 Å². The van der Waals surface area contributed by atoms with Crippen molar-refractivity contribution in [3.05, 3.63) is 47.8 Å². The van der Waals surface area contributed by atoms with Crippen molar-refractivity contribution in [2.75, 3.05) is 0 Å². The highest BCUT2D eigenvalue weighted by atomic mass is 19.1. The minimum Gasteiger partial charge on any atom is -0.216 e. The maximum atomic E-state index is 12.0. The fraction of sp³-hybridized carbons (Fsp3) is 0.556. The lowest BCUT2D eigenvalue weighted by Gasteiger charge is -2.28. The highest BCUT2D eigenvalue weighted by Crippen LogP contribution is 2.37. The maximum absolute atomic E-state index is 12.0. The first-order valence-corrected chi connectivity index (χ1v) is 7.67. The van der Waals surface area contributed by atoms with Gasteiger partial charge in [-0.25, -0.2) is 4.39 Å². The molecule has 1 saturated carbocycles. The zero-order valence-electron chi connectivity index (χ0n) is 11.9. The van der Waals surface area contributed by atoms with Crippen LogP contribution in [0.4, 0.5) is 4.39 Å². The molecule has 0 spiro atoms. The van der Waals surface area contributed by atoms with Gasteiger partial charge in [-0.1, -0.05) is 43.7 Å². The highest BCUT2D eigenvalue weighted by molar-refractivity contribution is 5.25. The first-order chi connectivity index (χ1) is 9.33. The molecule has 0 atom stereocenters. The molecule has 0 aliphatic heterocycles. The van der Waals surface area contributed by atoms with Gasteiger partial charge in [0.05, 0.1) is 6.33 Å². The minimum absolute atomic E-state index is 0.693. The smallest absolute Gasteiger partial charge is 0.0827 e. The summed E-state index contributed by atoms with van der Waals surface area (Å²) >= 11 is 0. The van der Waals surface area contributed by atoms with Gasteiger partial charge in [-0.2, -0.15) is 0 Å². The van der Waals surface area contributed by atoms with Crippen molar-refractivity contribution >= 4 is 0 Å². The molecule has 1 aromatic rings. The predicted octanol–water partition coefficient (Wildman–Crippen LogP) is 5.79. The molecule has 104 valence electrons. The summed E-state index contributed by atoms with van der Waals surface area (Å²) in [5.74, 6) is 1.42. The summed E-state index contributed by atoms with van der Waals surface area (Å²) < 4.78 is 12.0. The molecule has 0 saturated heterocycles. The van der Waals surface area contributed by atoms with E-state index >= 15 is 0 Å². The van der Waals surface area contributed by atoms with Gasteiger partial charge in [0.15, 0.2) is 0 Å². The number of rotatable bonds is 5. The Hall–Kier alpha value is -1.11. The third kappa shape index (κ3) is 4.19. The van der Waals surface area contributed by atoms with Gasteiger partial charge >= 0.3 is 0 Å².